The number of anilines is 1. The van der Waals surface area contributed by atoms with Crippen LogP contribution in [0.15, 0.2) is 61.3 Å². The highest BCUT2D eigenvalue weighted by Gasteiger charge is 2.18. The first-order valence-electron chi connectivity index (χ1n) is 9.22. The summed E-state index contributed by atoms with van der Waals surface area (Å²) in [4.78, 5) is 13.5. The van der Waals surface area contributed by atoms with Crippen molar-refractivity contribution < 1.29 is 4.79 Å². The summed E-state index contributed by atoms with van der Waals surface area (Å²) in [5.41, 5.74) is 6.54. The van der Waals surface area contributed by atoms with E-state index in [0.717, 1.165) is 39.4 Å². The van der Waals surface area contributed by atoms with Gasteiger partial charge in [0.05, 0.1) is 6.54 Å². The Hall–Kier alpha value is -3.25. The van der Waals surface area contributed by atoms with E-state index in [0.29, 0.717) is 22.8 Å². The van der Waals surface area contributed by atoms with Crippen LogP contribution in [0.4, 0.5) is 5.69 Å². The average molecular weight is 405 g/mol. The predicted molar refractivity (Wildman–Crippen MR) is 121 cm³/mol. The van der Waals surface area contributed by atoms with Crippen LogP contribution in [0.3, 0.4) is 0 Å². The zero-order valence-corrected chi connectivity index (χ0v) is 17.7. The number of amides is 1. The number of benzene rings is 2. The second kappa shape index (κ2) is 8.84. The van der Waals surface area contributed by atoms with Gasteiger partial charge in [-0.25, -0.2) is 0 Å². The van der Waals surface area contributed by atoms with Crippen LogP contribution < -0.4 is 5.32 Å². The third kappa shape index (κ3) is 4.43. The van der Waals surface area contributed by atoms with Crippen molar-refractivity contribution in [2.24, 2.45) is 0 Å². The highest BCUT2D eigenvalue weighted by atomic mass is 32.1. The molecule has 0 radical (unpaired) electrons. The SMILES string of the molecule is C=C(C(=C)N(C=O)Cc1c(C)cccc1-c1ccc(NC)cc1)c1nnc(C)s1. The van der Waals surface area contributed by atoms with E-state index in [1.54, 1.807) is 4.90 Å². The van der Waals surface area contributed by atoms with Crippen molar-refractivity contribution in [2.45, 2.75) is 20.4 Å². The van der Waals surface area contributed by atoms with Crippen LogP contribution in [-0.4, -0.2) is 28.6 Å². The van der Waals surface area contributed by atoms with Gasteiger partial charge in [0, 0.05) is 24.0 Å². The number of hydrogen-bond donors (Lipinski definition) is 1. The third-order valence-corrected chi connectivity index (χ3v) is 5.73. The lowest BCUT2D eigenvalue weighted by molar-refractivity contribution is -0.116. The number of nitrogens with zero attached hydrogens (tertiary/aromatic N) is 3. The Morgan fingerprint density at radius 2 is 1.86 bits per heavy atom. The molecule has 0 saturated carbocycles. The van der Waals surface area contributed by atoms with E-state index < -0.39 is 0 Å². The molecule has 3 aromatic rings. The number of allylic oxidation sites excluding steroid dienone is 1. The van der Waals surface area contributed by atoms with Gasteiger partial charge in [0.25, 0.3) is 0 Å². The quantitative estimate of drug-likeness (QED) is 0.422. The molecule has 0 atom stereocenters. The van der Waals surface area contributed by atoms with E-state index in [4.69, 9.17) is 0 Å². The molecule has 0 aliphatic heterocycles. The van der Waals surface area contributed by atoms with E-state index in [1.807, 2.05) is 32.2 Å². The molecule has 0 saturated heterocycles. The first-order chi connectivity index (χ1) is 13.9. The highest BCUT2D eigenvalue weighted by Crippen LogP contribution is 2.31. The number of aryl methyl sites for hydroxylation is 2. The largest absolute Gasteiger partial charge is 0.388 e. The molecular formula is C23H24N4OS. The van der Waals surface area contributed by atoms with Crippen molar-refractivity contribution in [1.29, 1.82) is 0 Å². The second-order valence-corrected chi connectivity index (χ2v) is 7.89. The second-order valence-electron chi connectivity index (χ2n) is 6.71. The van der Waals surface area contributed by atoms with Crippen molar-refractivity contribution >= 4 is 29.0 Å². The Bertz CT molecular complexity index is 1050. The molecule has 6 heteroatoms. The standard InChI is InChI=1S/C23H24N4OS/c1-15-7-6-8-21(19-9-11-20(24-5)12-10-19)22(15)13-27(14-28)17(3)16(2)23-26-25-18(4)29-23/h6-12,14,24H,2-3,13H2,1,4-5H3. The smallest absolute Gasteiger partial charge is 0.214 e. The van der Waals surface area contributed by atoms with Crippen LogP contribution >= 0.6 is 11.3 Å². The molecule has 29 heavy (non-hydrogen) atoms. The van der Waals surface area contributed by atoms with Gasteiger partial charge in [0.15, 0.2) is 0 Å². The molecule has 0 bridgehead atoms. The lowest BCUT2D eigenvalue weighted by atomic mass is 9.95. The zero-order chi connectivity index (χ0) is 21.0. The van der Waals surface area contributed by atoms with Gasteiger partial charge in [-0.15, -0.1) is 10.2 Å². The van der Waals surface area contributed by atoms with Crippen molar-refractivity contribution in [3.8, 4) is 11.1 Å². The van der Waals surface area contributed by atoms with Crippen LogP contribution in [0.5, 0.6) is 0 Å². The summed E-state index contributed by atoms with van der Waals surface area (Å²) >= 11 is 1.43. The van der Waals surface area contributed by atoms with Gasteiger partial charge in [0.2, 0.25) is 6.41 Å². The molecule has 0 unspecified atom stereocenters. The lowest BCUT2D eigenvalue weighted by Crippen LogP contribution is -2.22. The summed E-state index contributed by atoms with van der Waals surface area (Å²) in [5, 5.41) is 12.8. The minimum Gasteiger partial charge on any atom is -0.388 e. The zero-order valence-electron chi connectivity index (χ0n) is 16.9. The molecule has 1 aromatic heterocycles. The van der Waals surface area contributed by atoms with E-state index in [2.05, 4.69) is 59.9 Å². The first kappa shape index (κ1) is 20.5. The molecule has 3 rings (SSSR count). The number of carbonyl (C=O) groups excluding carboxylic acids is 1. The molecule has 2 aromatic carbocycles. The summed E-state index contributed by atoms with van der Waals surface area (Å²) in [5.74, 6) is 0. The monoisotopic (exact) mass is 404 g/mol. The van der Waals surface area contributed by atoms with Gasteiger partial charge in [-0.2, -0.15) is 0 Å². The van der Waals surface area contributed by atoms with Gasteiger partial charge in [0.1, 0.15) is 10.0 Å². The summed E-state index contributed by atoms with van der Waals surface area (Å²) in [7, 11) is 1.90. The summed E-state index contributed by atoms with van der Waals surface area (Å²) in [6, 6.07) is 14.4. The lowest BCUT2D eigenvalue weighted by Gasteiger charge is -2.23. The number of rotatable bonds is 8. The van der Waals surface area contributed by atoms with E-state index in [1.165, 1.54) is 11.3 Å². The van der Waals surface area contributed by atoms with Gasteiger partial charge >= 0.3 is 0 Å². The number of hydrogen-bond acceptors (Lipinski definition) is 5. The Morgan fingerprint density at radius 1 is 1.14 bits per heavy atom. The Balaban J connectivity index is 1.92. The topological polar surface area (TPSA) is 58.1 Å². The number of aromatic nitrogens is 2. The van der Waals surface area contributed by atoms with Crippen molar-refractivity contribution in [2.75, 3.05) is 12.4 Å². The molecule has 1 amide bonds. The minimum absolute atomic E-state index is 0.398. The van der Waals surface area contributed by atoms with Crippen LogP contribution in [0, 0.1) is 13.8 Å². The summed E-state index contributed by atoms with van der Waals surface area (Å²) in [6.07, 6.45) is 0.793. The van der Waals surface area contributed by atoms with Gasteiger partial charge < -0.3 is 10.2 Å². The van der Waals surface area contributed by atoms with Gasteiger partial charge in [-0.05, 0) is 48.2 Å². The molecule has 1 heterocycles. The normalized spacial score (nSPS) is 10.4. The summed E-state index contributed by atoms with van der Waals surface area (Å²) in [6.45, 7) is 12.5. The average Bonchev–Trinajstić information content (AvgIpc) is 3.18. The van der Waals surface area contributed by atoms with E-state index in [-0.39, 0.29) is 0 Å². The van der Waals surface area contributed by atoms with Crippen LogP contribution in [-0.2, 0) is 11.3 Å². The first-order valence-corrected chi connectivity index (χ1v) is 10.0. The summed E-state index contributed by atoms with van der Waals surface area (Å²) < 4.78 is 0. The molecule has 0 aliphatic rings. The molecule has 0 spiro atoms. The van der Waals surface area contributed by atoms with Gasteiger partial charge in [-0.1, -0.05) is 54.8 Å². The molecular weight excluding hydrogens is 380 g/mol. The molecule has 5 nitrogen and oxygen atoms in total. The fourth-order valence-electron chi connectivity index (χ4n) is 3.08. The van der Waals surface area contributed by atoms with Crippen LogP contribution in [0.2, 0.25) is 0 Å². The Labute approximate surface area is 175 Å². The number of carbonyl (C=O) groups is 1. The molecule has 0 fully saturated rings. The van der Waals surface area contributed by atoms with Crippen LogP contribution in [0.25, 0.3) is 16.7 Å². The highest BCUT2D eigenvalue weighted by molar-refractivity contribution is 7.12. The van der Waals surface area contributed by atoms with E-state index >= 15 is 0 Å². The van der Waals surface area contributed by atoms with Crippen molar-refractivity contribution in [3.63, 3.8) is 0 Å². The van der Waals surface area contributed by atoms with Gasteiger partial charge in [-0.3, -0.25) is 4.79 Å². The minimum atomic E-state index is 0.398. The molecule has 1 N–H and O–H groups in total. The fraction of sp³-hybridized carbons (Fsp3) is 0.174. The predicted octanol–water partition coefficient (Wildman–Crippen LogP) is 5.05. The van der Waals surface area contributed by atoms with E-state index in [9.17, 15) is 4.79 Å². The Morgan fingerprint density at radius 3 is 2.45 bits per heavy atom. The maximum Gasteiger partial charge on any atom is 0.214 e. The molecule has 0 aliphatic carbocycles. The van der Waals surface area contributed by atoms with Crippen molar-refractivity contribution in [1.82, 2.24) is 15.1 Å². The maximum absolute atomic E-state index is 11.9. The van der Waals surface area contributed by atoms with Crippen LogP contribution in [0.1, 0.15) is 21.1 Å². The fourth-order valence-corrected chi connectivity index (χ4v) is 3.77. The van der Waals surface area contributed by atoms with Crippen molar-refractivity contribution in [3.05, 3.63) is 82.5 Å². The number of nitrogens with one attached hydrogen (secondary N) is 1. The third-order valence-electron chi connectivity index (χ3n) is 4.83. The Kier molecular flexibility index (Phi) is 6.24. The molecule has 148 valence electrons. The maximum atomic E-state index is 11.9.